The van der Waals surface area contributed by atoms with E-state index in [1.165, 1.54) is 11.3 Å². The number of halogens is 1. The van der Waals surface area contributed by atoms with Crippen LogP contribution in [0.5, 0.6) is 5.19 Å². The van der Waals surface area contributed by atoms with Crippen LogP contribution in [0.25, 0.3) is 0 Å². The fourth-order valence-electron chi connectivity index (χ4n) is 0.693. The second-order valence-corrected chi connectivity index (χ2v) is 3.77. The fraction of sp³-hybridized carbons (Fsp3) is 0.571. The van der Waals surface area contributed by atoms with Crippen LogP contribution in [0.2, 0.25) is 0 Å². The minimum atomic E-state index is 0.674. The van der Waals surface area contributed by atoms with Crippen molar-refractivity contribution >= 4 is 27.3 Å². The molecule has 0 unspecified atom stereocenters. The van der Waals surface area contributed by atoms with Gasteiger partial charge in [0.05, 0.1) is 0 Å². The van der Waals surface area contributed by atoms with Gasteiger partial charge >= 0.3 is 0 Å². The number of ether oxygens (including phenoxy) is 1. The molecule has 0 aliphatic heterocycles. The Balaban J connectivity index is 2.15. The molecule has 5 heteroatoms. The summed E-state index contributed by atoms with van der Waals surface area (Å²) in [6.45, 7) is 4.59. The highest BCUT2D eigenvalue weighted by Gasteiger charge is 1.98. The van der Waals surface area contributed by atoms with Crippen LogP contribution in [0.3, 0.4) is 0 Å². The van der Waals surface area contributed by atoms with Crippen LogP contribution >= 0.6 is 27.3 Å². The lowest BCUT2D eigenvalue weighted by Crippen LogP contribution is -2.20. The summed E-state index contributed by atoms with van der Waals surface area (Å²) in [5.41, 5.74) is 0. The van der Waals surface area contributed by atoms with Crippen molar-refractivity contribution in [2.24, 2.45) is 0 Å². The Morgan fingerprint density at radius 1 is 1.75 bits per heavy atom. The Morgan fingerprint density at radius 2 is 2.58 bits per heavy atom. The summed E-state index contributed by atoms with van der Waals surface area (Å²) < 4.78 is 6.18. The molecule has 1 aromatic heterocycles. The number of nitrogens with zero attached hydrogens (tertiary/aromatic N) is 1. The van der Waals surface area contributed by atoms with E-state index in [0.717, 1.165) is 22.9 Å². The van der Waals surface area contributed by atoms with Crippen molar-refractivity contribution in [1.29, 1.82) is 0 Å². The van der Waals surface area contributed by atoms with Crippen molar-refractivity contribution in [1.82, 2.24) is 10.3 Å². The van der Waals surface area contributed by atoms with E-state index in [2.05, 4.69) is 33.2 Å². The minimum absolute atomic E-state index is 0.674. The molecular weight excluding hydrogens is 240 g/mol. The molecule has 0 aliphatic rings. The first-order valence-electron chi connectivity index (χ1n) is 3.77. The zero-order valence-electron chi connectivity index (χ0n) is 6.84. The van der Waals surface area contributed by atoms with E-state index in [4.69, 9.17) is 4.74 Å². The molecule has 0 radical (unpaired) electrons. The molecule has 0 aliphatic carbocycles. The number of rotatable bonds is 5. The molecule has 0 bridgehead atoms. The third kappa shape index (κ3) is 3.51. The average molecular weight is 251 g/mol. The Hall–Kier alpha value is -0.130. The quantitative estimate of drug-likeness (QED) is 0.811. The molecule has 68 valence electrons. The van der Waals surface area contributed by atoms with Crippen molar-refractivity contribution in [3.05, 3.63) is 9.98 Å². The second kappa shape index (κ2) is 5.50. The van der Waals surface area contributed by atoms with Crippen LogP contribution in [0.4, 0.5) is 0 Å². The normalized spacial score (nSPS) is 10.2. The van der Waals surface area contributed by atoms with Crippen LogP contribution in [-0.2, 0) is 0 Å². The Kier molecular flexibility index (Phi) is 4.57. The van der Waals surface area contributed by atoms with Crippen molar-refractivity contribution in [2.75, 3.05) is 19.7 Å². The monoisotopic (exact) mass is 250 g/mol. The third-order valence-corrected chi connectivity index (χ3v) is 2.67. The zero-order chi connectivity index (χ0) is 8.81. The van der Waals surface area contributed by atoms with Crippen LogP contribution in [-0.4, -0.2) is 24.7 Å². The lowest BCUT2D eigenvalue weighted by molar-refractivity contribution is 0.313. The van der Waals surface area contributed by atoms with Crippen LogP contribution in [0.15, 0.2) is 9.98 Å². The van der Waals surface area contributed by atoms with Crippen molar-refractivity contribution in [2.45, 2.75) is 6.92 Å². The molecule has 0 spiro atoms. The number of aromatic nitrogens is 1. The summed E-state index contributed by atoms with van der Waals surface area (Å²) in [4.78, 5) is 4.09. The van der Waals surface area contributed by atoms with Gasteiger partial charge in [-0.25, -0.2) is 0 Å². The lowest BCUT2D eigenvalue weighted by atomic mass is 10.6. The van der Waals surface area contributed by atoms with Gasteiger partial charge in [0.15, 0.2) is 0 Å². The second-order valence-electron chi connectivity index (χ2n) is 2.14. The maximum atomic E-state index is 5.34. The van der Waals surface area contributed by atoms with Gasteiger partial charge in [0.25, 0.3) is 5.19 Å². The molecule has 1 heterocycles. The molecular formula is C7H11BrN2OS. The van der Waals surface area contributed by atoms with Crippen LogP contribution in [0, 0.1) is 0 Å². The first-order chi connectivity index (χ1) is 5.83. The summed E-state index contributed by atoms with van der Waals surface area (Å²) in [6, 6.07) is 0. The lowest BCUT2D eigenvalue weighted by Gasteiger charge is -2.01. The number of thiazole rings is 1. The molecule has 0 saturated carbocycles. The summed E-state index contributed by atoms with van der Waals surface area (Å²) in [7, 11) is 0. The molecule has 1 rings (SSSR count). The number of likely N-dealkylation sites (N-methyl/N-ethyl adjacent to an activating group) is 1. The first-order valence-corrected chi connectivity index (χ1v) is 5.44. The van der Waals surface area contributed by atoms with Crippen LogP contribution in [0.1, 0.15) is 6.92 Å². The van der Waals surface area contributed by atoms with Crippen molar-refractivity contribution in [3.63, 3.8) is 0 Å². The molecule has 0 aromatic carbocycles. The van der Waals surface area contributed by atoms with Gasteiger partial charge in [-0.15, -0.1) is 0 Å². The number of hydrogen-bond donors (Lipinski definition) is 1. The third-order valence-electron chi connectivity index (χ3n) is 1.21. The van der Waals surface area contributed by atoms with E-state index >= 15 is 0 Å². The smallest absolute Gasteiger partial charge is 0.274 e. The summed E-state index contributed by atoms with van der Waals surface area (Å²) in [6.07, 6.45) is 0. The van der Waals surface area contributed by atoms with Gasteiger partial charge in [-0.3, -0.25) is 0 Å². The van der Waals surface area contributed by atoms with Gasteiger partial charge < -0.3 is 10.1 Å². The molecule has 1 N–H and O–H groups in total. The summed E-state index contributed by atoms with van der Waals surface area (Å²) in [5.74, 6) is 0. The van der Waals surface area contributed by atoms with E-state index in [1.54, 1.807) is 0 Å². The van der Waals surface area contributed by atoms with Gasteiger partial charge in [0, 0.05) is 11.9 Å². The standard InChI is InChI=1S/C7H11BrN2OS/c1-2-9-3-4-11-7-10-6(8)5-12-7/h5,9H,2-4H2,1H3. The van der Waals surface area contributed by atoms with E-state index in [-0.39, 0.29) is 0 Å². The predicted molar refractivity (Wildman–Crippen MR) is 53.9 cm³/mol. The van der Waals surface area contributed by atoms with Gasteiger partial charge in [-0.1, -0.05) is 18.3 Å². The minimum Gasteiger partial charge on any atom is -0.469 e. The zero-order valence-corrected chi connectivity index (χ0v) is 9.24. The highest BCUT2D eigenvalue weighted by atomic mass is 79.9. The van der Waals surface area contributed by atoms with Gasteiger partial charge in [0.2, 0.25) is 0 Å². The summed E-state index contributed by atoms with van der Waals surface area (Å²) >= 11 is 4.76. The molecule has 1 aromatic rings. The number of nitrogens with one attached hydrogen (secondary N) is 1. The topological polar surface area (TPSA) is 34.1 Å². The van der Waals surface area contributed by atoms with Crippen molar-refractivity contribution in [3.8, 4) is 5.19 Å². The summed E-state index contributed by atoms with van der Waals surface area (Å²) in [5, 5.41) is 5.79. The molecule has 12 heavy (non-hydrogen) atoms. The molecule has 3 nitrogen and oxygen atoms in total. The fourth-order valence-corrected chi connectivity index (χ4v) is 1.80. The largest absolute Gasteiger partial charge is 0.469 e. The number of hydrogen-bond acceptors (Lipinski definition) is 4. The molecule has 0 atom stereocenters. The van der Waals surface area contributed by atoms with Crippen molar-refractivity contribution < 1.29 is 4.74 Å². The van der Waals surface area contributed by atoms with Gasteiger partial charge in [-0.05, 0) is 22.5 Å². The van der Waals surface area contributed by atoms with E-state index in [0.29, 0.717) is 6.61 Å². The SMILES string of the molecule is CCNCCOc1nc(Br)cs1. The molecule has 0 saturated heterocycles. The predicted octanol–water partition coefficient (Wildman–Crippen LogP) is 1.89. The average Bonchev–Trinajstić information content (AvgIpc) is 2.45. The molecule has 0 amide bonds. The maximum Gasteiger partial charge on any atom is 0.274 e. The van der Waals surface area contributed by atoms with E-state index in [1.807, 2.05) is 5.38 Å². The highest BCUT2D eigenvalue weighted by molar-refractivity contribution is 9.10. The maximum absolute atomic E-state index is 5.34. The Labute approximate surface area is 84.3 Å². The molecule has 0 fully saturated rings. The first kappa shape index (κ1) is 9.95. The van der Waals surface area contributed by atoms with Gasteiger partial charge in [-0.2, -0.15) is 4.98 Å². The van der Waals surface area contributed by atoms with Crippen LogP contribution < -0.4 is 10.1 Å². The highest BCUT2D eigenvalue weighted by Crippen LogP contribution is 2.21. The van der Waals surface area contributed by atoms with E-state index < -0.39 is 0 Å². The Bertz CT molecular complexity index is 229. The Morgan fingerprint density at radius 3 is 3.17 bits per heavy atom. The van der Waals surface area contributed by atoms with Gasteiger partial charge in [0.1, 0.15) is 11.2 Å². The van der Waals surface area contributed by atoms with E-state index in [9.17, 15) is 0 Å².